The number of piperidine rings is 1. The number of nitrogens with one attached hydrogen (secondary N) is 2. The smallest absolute Gasteiger partial charge is 0.255 e. The number of rotatable bonds is 14. The van der Waals surface area contributed by atoms with E-state index in [4.69, 9.17) is 0 Å². The van der Waals surface area contributed by atoms with Crippen LogP contribution in [0, 0.1) is 5.92 Å². The van der Waals surface area contributed by atoms with Crippen LogP contribution in [0.3, 0.4) is 0 Å². The first kappa shape index (κ1) is 32.0. The summed E-state index contributed by atoms with van der Waals surface area (Å²) in [5, 5.41) is 6.17. The third kappa shape index (κ3) is 9.55. The van der Waals surface area contributed by atoms with Crippen molar-refractivity contribution in [2.45, 2.75) is 64.7 Å². The highest BCUT2D eigenvalue weighted by molar-refractivity contribution is 6.06. The molecule has 0 bridgehead atoms. The Balaban J connectivity index is 1.26. The molecule has 1 aliphatic heterocycles. The molecule has 0 aliphatic carbocycles. The standard InChI is InChI=1S/C40H47N3O2/c1-2-3-4-7-14-32-17-19-35(20-18-32)39(44)42-36-21-22-38(37(30-36)40(45)41-26-23-31-12-8-5-9-13-31)43-27-24-34(25-28-43)29-33-15-10-6-11-16-33/h5-6,8-13,15-22,30,34H,2-4,7,14,23-29H2,1H3,(H,41,45)(H,42,44). The van der Waals surface area contributed by atoms with Crippen LogP contribution in [-0.2, 0) is 19.3 Å². The minimum absolute atomic E-state index is 0.115. The first-order valence-electron chi connectivity index (χ1n) is 16.7. The highest BCUT2D eigenvalue weighted by Crippen LogP contribution is 2.30. The molecule has 0 unspecified atom stereocenters. The maximum absolute atomic E-state index is 13.6. The molecule has 1 saturated heterocycles. The predicted octanol–water partition coefficient (Wildman–Crippen LogP) is 8.49. The van der Waals surface area contributed by atoms with Crippen molar-refractivity contribution in [3.05, 3.63) is 131 Å². The average Bonchev–Trinajstić information content (AvgIpc) is 3.08. The second-order valence-corrected chi connectivity index (χ2v) is 12.3. The van der Waals surface area contributed by atoms with Crippen LogP contribution in [0.25, 0.3) is 0 Å². The van der Waals surface area contributed by atoms with Crippen LogP contribution in [0.5, 0.6) is 0 Å². The Kier molecular flexibility index (Phi) is 11.8. The summed E-state index contributed by atoms with van der Waals surface area (Å²) >= 11 is 0. The number of benzene rings is 4. The summed E-state index contributed by atoms with van der Waals surface area (Å²) in [5.74, 6) is 0.349. The van der Waals surface area contributed by atoms with Gasteiger partial charge in [-0.05, 0) is 91.5 Å². The van der Waals surface area contributed by atoms with Gasteiger partial charge in [0, 0.05) is 36.6 Å². The molecule has 0 saturated carbocycles. The first-order chi connectivity index (χ1) is 22.1. The van der Waals surface area contributed by atoms with Gasteiger partial charge >= 0.3 is 0 Å². The molecule has 4 aromatic carbocycles. The van der Waals surface area contributed by atoms with Crippen LogP contribution >= 0.6 is 0 Å². The van der Waals surface area contributed by atoms with Crippen LogP contribution in [0.2, 0.25) is 0 Å². The maximum Gasteiger partial charge on any atom is 0.255 e. The number of nitrogens with zero attached hydrogens (tertiary/aromatic N) is 1. The number of unbranched alkanes of at least 4 members (excludes halogenated alkanes) is 3. The normalized spacial score (nSPS) is 13.4. The van der Waals surface area contributed by atoms with Crippen molar-refractivity contribution in [3.63, 3.8) is 0 Å². The molecule has 4 aromatic rings. The number of hydrogen-bond donors (Lipinski definition) is 2. The summed E-state index contributed by atoms with van der Waals surface area (Å²) in [5.41, 5.74) is 6.60. The van der Waals surface area contributed by atoms with Gasteiger partial charge in [0.2, 0.25) is 0 Å². The van der Waals surface area contributed by atoms with Gasteiger partial charge in [0.1, 0.15) is 0 Å². The number of aryl methyl sites for hydroxylation is 1. The van der Waals surface area contributed by atoms with Crippen molar-refractivity contribution in [2.75, 3.05) is 29.9 Å². The quantitative estimate of drug-likeness (QED) is 0.143. The predicted molar refractivity (Wildman–Crippen MR) is 186 cm³/mol. The zero-order valence-electron chi connectivity index (χ0n) is 26.6. The van der Waals surface area contributed by atoms with Gasteiger partial charge in [-0.2, -0.15) is 0 Å². The van der Waals surface area contributed by atoms with Crippen molar-refractivity contribution >= 4 is 23.2 Å². The zero-order chi connectivity index (χ0) is 31.3. The van der Waals surface area contributed by atoms with Gasteiger partial charge in [0.15, 0.2) is 0 Å². The second kappa shape index (κ2) is 16.6. The summed E-state index contributed by atoms with van der Waals surface area (Å²) in [7, 11) is 0. The summed E-state index contributed by atoms with van der Waals surface area (Å²) in [6.45, 7) is 4.57. The number of amides is 2. The monoisotopic (exact) mass is 601 g/mol. The molecular weight excluding hydrogens is 554 g/mol. The third-order valence-electron chi connectivity index (χ3n) is 8.90. The van der Waals surface area contributed by atoms with Crippen LogP contribution in [-0.4, -0.2) is 31.4 Å². The highest BCUT2D eigenvalue weighted by atomic mass is 16.2. The van der Waals surface area contributed by atoms with Gasteiger partial charge < -0.3 is 15.5 Å². The number of hydrogen-bond acceptors (Lipinski definition) is 3. The van der Waals surface area contributed by atoms with Crippen molar-refractivity contribution in [2.24, 2.45) is 5.92 Å². The van der Waals surface area contributed by atoms with E-state index in [1.807, 2.05) is 48.5 Å². The lowest BCUT2D eigenvalue weighted by molar-refractivity contribution is 0.0953. The summed E-state index contributed by atoms with van der Waals surface area (Å²) in [6.07, 6.45) is 9.95. The van der Waals surface area contributed by atoms with Crippen LogP contribution in [0.1, 0.15) is 82.9 Å². The van der Waals surface area contributed by atoms with E-state index in [1.165, 1.54) is 42.4 Å². The van der Waals surface area contributed by atoms with E-state index < -0.39 is 0 Å². The first-order valence-corrected chi connectivity index (χ1v) is 16.7. The molecule has 0 aromatic heterocycles. The molecule has 0 radical (unpaired) electrons. The molecule has 234 valence electrons. The van der Waals surface area contributed by atoms with E-state index >= 15 is 0 Å². The molecular formula is C40H47N3O2. The largest absolute Gasteiger partial charge is 0.371 e. The molecule has 1 fully saturated rings. The SMILES string of the molecule is CCCCCCc1ccc(C(=O)Nc2ccc(N3CCC(Cc4ccccc4)CC3)c(C(=O)NCCc3ccccc3)c2)cc1. The number of carbonyl (C=O) groups excluding carboxylic acids is 2. The van der Waals surface area contributed by atoms with Crippen molar-refractivity contribution in [1.29, 1.82) is 0 Å². The fourth-order valence-electron chi connectivity index (χ4n) is 6.24. The molecule has 5 heteroatoms. The Morgan fingerprint density at radius 2 is 1.38 bits per heavy atom. The number of carbonyl (C=O) groups is 2. The average molecular weight is 602 g/mol. The molecule has 5 rings (SSSR count). The Morgan fingerprint density at radius 3 is 2.07 bits per heavy atom. The fraction of sp³-hybridized carbons (Fsp3) is 0.350. The molecule has 1 aliphatic rings. The lowest BCUT2D eigenvalue weighted by atomic mass is 9.89. The van der Waals surface area contributed by atoms with Crippen LogP contribution in [0.15, 0.2) is 103 Å². The zero-order valence-corrected chi connectivity index (χ0v) is 26.6. The second-order valence-electron chi connectivity index (χ2n) is 12.3. The Hall–Kier alpha value is -4.38. The molecule has 2 N–H and O–H groups in total. The van der Waals surface area contributed by atoms with Gasteiger partial charge in [-0.1, -0.05) is 99.0 Å². The van der Waals surface area contributed by atoms with Crippen LogP contribution < -0.4 is 15.5 Å². The molecule has 5 nitrogen and oxygen atoms in total. The lowest BCUT2D eigenvalue weighted by Gasteiger charge is -2.35. The molecule has 0 spiro atoms. The van der Waals surface area contributed by atoms with Gasteiger partial charge in [0.25, 0.3) is 11.8 Å². The Bertz CT molecular complexity index is 1490. The van der Waals surface area contributed by atoms with E-state index in [1.54, 1.807) is 0 Å². The van der Waals surface area contributed by atoms with Crippen molar-refractivity contribution in [3.8, 4) is 0 Å². The van der Waals surface area contributed by atoms with E-state index in [0.29, 0.717) is 29.3 Å². The Labute approximate surface area is 269 Å². The summed E-state index contributed by atoms with van der Waals surface area (Å²) in [6, 6.07) is 34.5. The van der Waals surface area contributed by atoms with Crippen LogP contribution in [0.4, 0.5) is 11.4 Å². The third-order valence-corrected chi connectivity index (χ3v) is 8.90. The molecule has 45 heavy (non-hydrogen) atoms. The Morgan fingerprint density at radius 1 is 0.711 bits per heavy atom. The summed E-state index contributed by atoms with van der Waals surface area (Å²) < 4.78 is 0. The van der Waals surface area contributed by atoms with Crippen molar-refractivity contribution < 1.29 is 9.59 Å². The van der Waals surface area contributed by atoms with E-state index in [2.05, 4.69) is 77.1 Å². The minimum atomic E-state index is -0.169. The molecule has 1 heterocycles. The van der Waals surface area contributed by atoms with Gasteiger partial charge in [-0.25, -0.2) is 0 Å². The van der Waals surface area contributed by atoms with E-state index in [-0.39, 0.29) is 11.8 Å². The highest BCUT2D eigenvalue weighted by Gasteiger charge is 2.24. The van der Waals surface area contributed by atoms with Gasteiger partial charge in [0.05, 0.1) is 5.56 Å². The summed E-state index contributed by atoms with van der Waals surface area (Å²) in [4.78, 5) is 29.1. The lowest BCUT2D eigenvalue weighted by Crippen LogP contribution is -2.36. The molecule has 0 atom stereocenters. The number of anilines is 2. The van der Waals surface area contributed by atoms with E-state index in [9.17, 15) is 9.59 Å². The topological polar surface area (TPSA) is 61.4 Å². The van der Waals surface area contributed by atoms with Crippen molar-refractivity contribution in [1.82, 2.24) is 5.32 Å². The molecule has 2 amide bonds. The van der Waals surface area contributed by atoms with Gasteiger partial charge in [-0.15, -0.1) is 0 Å². The van der Waals surface area contributed by atoms with E-state index in [0.717, 1.165) is 50.9 Å². The fourth-order valence-corrected chi connectivity index (χ4v) is 6.24. The van der Waals surface area contributed by atoms with Gasteiger partial charge in [-0.3, -0.25) is 9.59 Å². The minimum Gasteiger partial charge on any atom is -0.371 e. The maximum atomic E-state index is 13.6.